The number of nitrogens with two attached hydrogens (primary N) is 1. The SMILES string of the molecule is CCOC(=O)c1occc1CN.Cl. The van der Waals surface area contributed by atoms with Crippen LogP contribution in [-0.2, 0) is 11.3 Å². The molecule has 1 rings (SSSR count). The zero-order valence-corrected chi connectivity index (χ0v) is 8.10. The molecule has 0 amide bonds. The van der Waals surface area contributed by atoms with E-state index in [0.29, 0.717) is 12.2 Å². The van der Waals surface area contributed by atoms with Gasteiger partial charge < -0.3 is 14.9 Å². The number of ether oxygens (including phenoxy) is 1. The van der Waals surface area contributed by atoms with Crippen molar-refractivity contribution >= 4 is 18.4 Å². The first kappa shape index (κ1) is 12.0. The Balaban J connectivity index is 0.00000144. The van der Waals surface area contributed by atoms with Gasteiger partial charge in [0, 0.05) is 12.1 Å². The van der Waals surface area contributed by atoms with Gasteiger partial charge in [-0.25, -0.2) is 4.79 Å². The van der Waals surface area contributed by atoms with E-state index in [1.807, 2.05) is 0 Å². The number of carbonyl (C=O) groups excluding carboxylic acids is 1. The van der Waals surface area contributed by atoms with Crippen LogP contribution in [0.5, 0.6) is 0 Å². The van der Waals surface area contributed by atoms with Gasteiger partial charge in [0.05, 0.1) is 12.9 Å². The van der Waals surface area contributed by atoms with Crippen LogP contribution in [-0.4, -0.2) is 12.6 Å². The van der Waals surface area contributed by atoms with E-state index in [-0.39, 0.29) is 24.7 Å². The molecular formula is C8H12ClNO3. The Morgan fingerprint density at radius 2 is 2.38 bits per heavy atom. The van der Waals surface area contributed by atoms with Crippen molar-refractivity contribution in [1.82, 2.24) is 0 Å². The van der Waals surface area contributed by atoms with Crippen molar-refractivity contribution in [2.45, 2.75) is 13.5 Å². The summed E-state index contributed by atoms with van der Waals surface area (Å²) in [7, 11) is 0. The van der Waals surface area contributed by atoms with Crippen LogP contribution in [0.4, 0.5) is 0 Å². The number of carbonyl (C=O) groups is 1. The lowest BCUT2D eigenvalue weighted by Gasteiger charge is -1.99. The van der Waals surface area contributed by atoms with Crippen LogP contribution >= 0.6 is 12.4 Å². The number of hydrogen-bond donors (Lipinski definition) is 1. The zero-order chi connectivity index (χ0) is 8.97. The number of halogens is 1. The lowest BCUT2D eigenvalue weighted by atomic mass is 10.2. The first-order valence-electron chi connectivity index (χ1n) is 3.73. The van der Waals surface area contributed by atoms with Crippen LogP contribution in [0.3, 0.4) is 0 Å². The van der Waals surface area contributed by atoms with Crippen molar-refractivity contribution in [2.24, 2.45) is 5.73 Å². The van der Waals surface area contributed by atoms with Crippen molar-refractivity contribution in [3.63, 3.8) is 0 Å². The summed E-state index contributed by atoms with van der Waals surface area (Å²) in [5.74, 6) is -0.248. The molecule has 74 valence electrons. The molecule has 0 aliphatic carbocycles. The molecule has 2 N–H and O–H groups in total. The second kappa shape index (κ2) is 5.61. The van der Waals surface area contributed by atoms with Crippen LogP contribution in [0.1, 0.15) is 23.0 Å². The third-order valence-electron chi connectivity index (χ3n) is 1.43. The Labute approximate surface area is 82.5 Å². The van der Waals surface area contributed by atoms with Crippen molar-refractivity contribution in [3.8, 4) is 0 Å². The molecule has 0 radical (unpaired) electrons. The highest BCUT2D eigenvalue weighted by atomic mass is 35.5. The molecule has 0 aromatic carbocycles. The maximum atomic E-state index is 11.1. The fourth-order valence-electron chi connectivity index (χ4n) is 0.872. The second-order valence-corrected chi connectivity index (χ2v) is 2.20. The van der Waals surface area contributed by atoms with Crippen molar-refractivity contribution in [3.05, 3.63) is 23.7 Å². The largest absolute Gasteiger partial charge is 0.460 e. The molecule has 0 fully saturated rings. The molecule has 1 heterocycles. The smallest absolute Gasteiger partial charge is 0.374 e. The van der Waals surface area contributed by atoms with Gasteiger partial charge in [-0.1, -0.05) is 0 Å². The standard InChI is InChI=1S/C8H11NO3.ClH/c1-2-11-8(10)7-6(5-9)3-4-12-7;/h3-4H,2,5,9H2,1H3;1H. The normalized spacial score (nSPS) is 9.08. The molecule has 0 saturated carbocycles. The summed E-state index contributed by atoms with van der Waals surface area (Å²) in [5.41, 5.74) is 6.04. The molecule has 1 aromatic heterocycles. The van der Waals surface area contributed by atoms with Crippen LogP contribution in [0, 0.1) is 0 Å². The van der Waals surface area contributed by atoms with Gasteiger partial charge in [-0.15, -0.1) is 12.4 Å². The zero-order valence-electron chi connectivity index (χ0n) is 7.28. The van der Waals surface area contributed by atoms with E-state index in [1.54, 1.807) is 13.0 Å². The highest BCUT2D eigenvalue weighted by molar-refractivity contribution is 5.87. The minimum atomic E-state index is -0.456. The van der Waals surface area contributed by atoms with Gasteiger partial charge in [-0.2, -0.15) is 0 Å². The summed E-state index contributed by atoms with van der Waals surface area (Å²) in [4.78, 5) is 11.1. The third kappa shape index (κ3) is 2.75. The van der Waals surface area contributed by atoms with Crippen molar-refractivity contribution in [2.75, 3.05) is 6.61 Å². The average Bonchev–Trinajstić information content (AvgIpc) is 2.51. The summed E-state index contributed by atoms with van der Waals surface area (Å²) < 4.78 is 9.66. The van der Waals surface area contributed by atoms with Gasteiger partial charge in [0.15, 0.2) is 0 Å². The Morgan fingerprint density at radius 3 is 2.92 bits per heavy atom. The van der Waals surface area contributed by atoms with Gasteiger partial charge in [0.2, 0.25) is 5.76 Å². The van der Waals surface area contributed by atoms with Crippen molar-refractivity contribution < 1.29 is 13.9 Å². The molecule has 0 bridgehead atoms. The highest BCUT2D eigenvalue weighted by Gasteiger charge is 2.14. The van der Waals surface area contributed by atoms with Gasteiger partial charge in [-0.3, -0.25) is 0 Å². The molecule has 0 atom stereocenters. The van der Waals surface area contributed by atoms with E-state index < -0.39 is 5.97 Å². The number of rotatable bonds is 3. The van der Waals surface area contributed by atoms with E-state index in [2.05, 4.69) is 0 Å². The highest BCUT2D eigenvalue weighted by Crippen LogP contribution is 2.10. The quantitative estimate of drug-likeness (QED) is 0.757. The van der Waals surface area contributed by atoms with E-state index in [0.717, 1.165) is 0 Å². The minimum absolute atomic E-state index is 0. The van der Waals surface area contributed by atoms with E-state index in [4.69, 9.17) is 14.9 Å². The maximum absolute atomic E-state index is 11.1. The summed E-state index contributed by atoms with van der Waals surface area (Å²) >= 11 is 0. The maximum Gasteiger partial charge on any atom is 0.374 e. The van der Waals surface area contributed by atoms with E-state index in [1.165, 1.54) is 6.26 Å². The first-order valence-corrected chi connectivity index (χ1v) is 3.73. The first-order chi connectivity index (χ1) is 5.79. The van der Waals surface area contributed by atoms with E-state index in [9.17, 15) is 4.79 Å². The van der Waals surface area contributed by atoms with Crippen LogP contribution in [0.25, 0.3) is 0 Å². The lowest BCUT2D eigenvalue weighted by molar-refractivity contribution is 0.0488. The number of esters is 1. The number of hydrogen-bond acceptors (Lipinski definition) is 4. The topological polar surface area (TPSA) is 65.5 Å². The van der Waals surface area contributed by atoms with Gasteiger partial charge in [0.1, 0.15) is 0 Å². The molecule has 0 saturated heterocycles. The average molecular weight is 206 g/mol. The molecule has 1 aromatic rings. The Kier molecular flexibility index (Phi) is 5.18. The van der Waals surface area contributed by atoms with E-state index >= 15 is 0 Å². The third-order valence-corrected chi connectivity index (χ3v) is 1.43. The molecule has 0 aliphatic heterocycles. The fourth-order valence-corrected chi connectivity index (χ4v) is 0.872. The predicted octanol–water partition coefficient (Wildman–Crippen LogP) is 1.34. The van der Waals surface area contributed by atoms with Crippen molar-refractivity contribution in [1.29, 1.82) is 0 Å². The molecular weight excluding hydrogens is 194 g/mol. The van der Waals surface area contributed by atoms with Gasteiger partial charge in [0.25, 0.3) is 0 Å². The number of furan rings is 1. The minimum Gasteiger partial charge on any atom is -0.460 e. The van der Waals surface area contributed by atoms with Crippen LogP contribution < -0.4 is 5.73 Å². The van der Waals surface area contributed by atoms with Gasteiger partial charge in [-0.05, 0) is 13.0 Å². The summed E-state index contributed by atoms with van der Waals surface area (Å²) in [5, 5.41) is 0. The molecule has 4 nitrogen and oxygen atoms in total. The Morgan fingerprint density at radius 1 is 1.69 bits per heavy atom. The lowest BCUT2D eigenvalue weighted by Crippen LogP contribution is -2.08. The van der Waals surface area contributed by atoms with Gasteiger partial charge >= 0.3 is 5.97 Å². The molecule has 0 unspecified atom stereocenters. The molecule has 0 spiro atoms. The summed E-state index contributed by atoms with van der Waals surface area (Å²) in [6.07, 6.45) is 1.43. The van der Waals surface area contributed by atoms with Crippen LogP contribution in [0.15, 0.2) is 16.7 Å². The Hall–Kier alpha value is -1.00. The summed E-state index contributed by atoms with van der Waals surface area (Å²) in [6.45, 7) is 2.36. The monoisotopic (exact) mass is 205 g/mol. The molecule has 13 heavy (non-hydrogen) atoms. The summed E-state index contributed by atoms with van der Waals surface area (Å²) in [6, 6.07) is 1.66. The molecule has 0 aliphatic rings. The van der Waals surface area contributed by atoms with Crippen LogP contribution in [0.2, 0.25) is 0 Å². The second-order valence-electron chi connectivity index (χ2n) is 2.20. The molecule has 5 heteroatoms. The predicted molar refractivity (Wildman–Crippen MR) is 49.8 cm³/mol. The fraction of sp³-hybridized carbons (Fsp3) is 0.375. The Bertz CT molecular complexity index is 272.